The number of fused-ring (bicyclic) bond motifs is 5. The largest absolute Gasteiger partial charge is 0.458 e. The summed E-state index contributed by atoms with van der Waals surface area (Å²) in [5.74, 6) is -7.02. The molecular weight excluding hydrogens is 787 g/mol. The van der Waals surface area contributed by atoms with Gasteiger partial charge < -0.3 is 39.6 Å². The minimum absolute atomic E-state index is 0.0144. The molecule has 322 valence electrons. The van der Waals surface area contributed by atoms with Gasteiger partial charge in [-0.05, 0) is 67.7 Å². The molecular formula is C47H51NO13. The molecule has 0 radical (unpaired) electrons. The lowest BCUT2D eigenvalue weighted by Gasteiger charge is -2.67. The van der Waals surface area contributed by atoms with Gasteiger partial charge in [0.1, 0.15) is 23.4 Å². The molecule has 61 heavy (non-hydrogen) atoms. The van der Waals surface area contributed by atoms with E-state index in [-0.39, 0.29) is 29.5 Å². The van der Waals surface area contributed by atoms with Crippen LogP contribution >= 0.6 is 0 Å². The quantitative estimate of drug-likeness (QED) is 0.127. The zero-order chi connectivity index (χ0) is 44.1. The van der Waals surface area contributed by atoms with E-state index in [4.69, 9.17) is 18.9 Å². The topological polar surface area (TPSA) is 212 Å². The molecule has 0 aromatic heterocycles. The molecule has 3 saturated carbocycles. The lowest BCUT2D eigenvalue weighted by atomic mass is 9.41. The second-order valence-corrected chi connectivity index (χ2v) is 17.4. The summed E-state index contributed by atoms with van der Waals surface area (Å²) in [6.45, 7) is 6.89. The van der Waals surface area contributed by atoms with Gasteiger partial charge in [0.15, 0.2) is 18.0 Å². The fraction of sp³-hybridized carbons (Fsp3) is 0.447. The van der Waals surface area contributed by atoms with Crippen molar-refractivity contribution < 1.29 is 63.0 Å². The average molecular weight is 838 g/mol. The van der Waals surface area contributed by atoms with E-state index >= 15 is 4.79 Å². The molecule has 0 unspecified atom stereocenters. The van der Waals surface area contributed by atoms with Gasteiger partial charge in [-0.3, -0.25) is 19.2 Å². The Hall–Kier alpha value is -5.70. The number of hydrogen-bond donors (Lipinski definition) is 4. The predicted molar refractivity (Wildman–Crippen MR) is 216 cm³/mol. The number of esters is 4. The van der Waals surface area contributed by atoms with Crippen molar-refractivity contribution in [3.05, 3.63) is 119 Å². The molecule has 4 aliphatic carbocycles. The van der Waals surface area contributed by atoms with Crippen molar-refractivity contribution in [3.8, 4) is 0 Å². The second kappa shape index (κ2) is 16.3. The smallest absolute Gasteiger partial charge is 0.338 e. The van der Waals surface area contributed by atoms with Gasteiger partial charge in [-0.25, -0.2) is 9.59 Å². The summed E-state index contributed by atoms with van der Waals surface area (Å²) in [5.41, 5.74) is -6.73. The summed E-state index contributed by atoms with van der Waals surface area (Å²) in [7, 11) is 0. The third-order valence-corrected chi connectivity index (χ3v) is 13.6. The maximum atomic E-state index is 15.4. The highest BCUT2D eigenvalue weighted by Crippen LogP contribution is 2.67. The summed E-state index contributed by atoms with van der Waals surface area (Å²) in [4.78, 5) is 83.0. The third kappa shape index (κ3) is 7.44. The van der Waals surface area contributed by atoms with Crippen LogP contribution in [0.5, 0.6) is 0 Å². The maximum absolute atomic E-state index is 15.4. The fourth-order valence-corrected chi connectivity index (χ4v) is 10.3. The second-order valence-electron chi connectivity index (χ2n) is 17.4. The number of ketones is 1. The van der Waals surface area contributed by atoms with Crippen molar-refractivity contribution in [3.63, 3.8) is 0 Å². The Balaban J connectivity index is 1.36. The van der Waals surface area contributed by atoms with Gasteiger partial charge in [0.2, 0.25) is 0 Å². The molecule has 11 atom stereocenters. The van der Waals surface area contributed by atoms with E-state index in [1.807, 2.05) is 0 Å². The SMILES string of the molecule is CC(=O)O[C@H]1C(=O)[C@@]2(C)[C@H]([C@H](OC(=O)c3ccccc3)[C@]3(O)C[C@H](OC(=O)[C@H](O)[C@@H](NC(=O)c4ccccc4)c4ccccc4)C=C1C3(C)C)[C@]1(OC(C)=O)CC[C@@H]1C[C@@H]2O. The van der Waals surface area contributed by atoms with Crippen LogP contribution in [0, 0.1) is 22.7 Å². The van der Waals surface area contributed by atoms with Gasteiger partial charge in [-0.1, -0.05) is 80.6 Å². The molecule has 4 N–H and O–H groups in total. The standard InChI is InChI=1S/C47H51NO13/c1-26(49)58-37-33-24-32(59-43(56)36(52)35(28-15-9-6-10-16-28)48-41(54)29-17-11-7-12-18-29)25-47(57,44(33,3)4)40(60-42(55)30-19-13-8-14-20-30)38-45(5,39(37)53)34(51)23-31-21-22-46(31,38)61-27(2)50/h6-20,24,31-32,34-38,40,51-52,57H,21-23,25H2,1-5H3,(H,48,54)/t31-,32-,34+,35+,36-,37-,38+,40+,45-,46+,47-/m1/s1. The average Bonchev–Trinajstić information content (AvgIpc) is 3.23. The normalized spacial score (nSPS) is 32.0. The predicted octanol–water partition coefficient (Wildman–Crippen LogP) is 4.36. The summed E-state index contributed by atoms with van der Waals surface area (Å²) in [6.07, 6.45) is -6.89. The van der Waals surface area contributed by atoms with Crippen LogP contribution in [0.4, 0.5) is 0 Å². The Morgan fingerprint density at radius 2 is 1.39 bits per heavy atom. The van der Waals surface area contributed by atoms with Crippen molar-refractivity contribution in [2.45, 2.75) is 108 Å². The maximum Gasteiger partial charge on any atom is 0.338 e. The lowest BCUT2D eigenvalue weighted by molar-refractivity contribution is -0.296. The Kier molecular flexibility index (Phi) is 11.6. The molecule has 0 aliphatic heterocycles. The van der Waals surface area contributed by atoms with E-state index in [2.05, 4.69) is 5.32 Å². The van der Waals surface area contributed by atoms with Gasteiger partial charge in [0.25, 0.3) is 5.91 Å². The number of ether oxygens (including phenoxy) is 4. The number of amides is 1. The number of Topliss-reactive ketones (excluding diaryl/α,β-unsaturated/α-hetero) is 1. The number of carbonyl (C=O) groups excluding carboxylic acids is 6. The first-order valence-corrected chi connectivity index (χ1v) is 20.4. The lowest BCUT2D eigenvalue weighted by Crippen LogP contribution is -2.78. The van der Waals surface area contributed by atoms with Crippen LogP contribution in [-0.2, 0) is 38.1 Å². The van der Waals surface area contributed by atoms with Crippen LogP contribution in [0.25, 0.3) is 0 Å². The highest BCUT2D eigenvalue weighted by atomic mass is 16.6. The zero-order valence-electron chi connectivity index (χ0n) is 34.6. The number of carbonyl (C=O) groups is 6. The monoisotopic (exact) mass is 837 g/mol. The van der Waals surface area contributed by atoms with Crippen LogP contribution in [0.3, 0.4) is 0 Å². The molecule has 3 aromatic carbocycles. The van der Waals surface area contributed by atoms with Crippen molar-refractivity contribution in [2.24, 2.45) is 22.7 Å². The Labute approximate surface area is 353 Å². The van der Waals surface area contributed by atoms with Gasteiger partial charge in [0, 0.05) is 37.2 Å². The molecule has 0 saturated heterocycles. The molecule has 0 spiro atoms. The van der Waals surface area contributed by atoms with Crippen LogP contribution in [0.15, 0.2) is 103 Å². The van der Waals surface area contributed by atoms with Crippen molar-refractivity contribution in [1.29, 1.82) is 0 Å². The molecule has 4 aliphatic rings. The van der Waals surface area contributed by atoms with Gasteiger partial charge in [-0.2, -0.15) is 0 Å². The molecule has 1 amide bonds. The van der Waals surface area contributed by atoms with Crippen molar-refractivity contribution in [1.82, 2.24) is 5.32 Å². The van der Waals surface area contributed by atoms with E-state index in [1.165, 1.54) is 32.1 Å². The highest BCUT2D eigenvalue weighted by molar-refractivity contribution is 5.96. The van der Waals surface area contributed by atoms with Gasteiger partial charge >= 0.3 is 23.9 Å². The minimum Gasteiger partial charge on any atom is -0.458 e. The third-order valence-electron chi connectivity index (χ3n) is 13.6. The van der Waals surface area contributed by atoms with Crippen LogP contribution in [0.2, 0.25) is 0 Å². The van der Waals surface area contributed by atoms with Crippen LogP contribution in [-0.4, -0.2) is 92.6 Å². The number of hydrogen-bond acceptors (Lipinski definition) is 13. The van der Waals surface area contributed by atoms with Crippen molar-refractivity contribution in [2.75, 3.05) is 0 Å². The van der Waals surface area contributed by atoms with E-state index in [0.717, 1.165) is 6.92 Å². The summed E-state index contributed by atoms with van der Waals surface area (Å²) in [5, 5.41) is 40.1. The number of aliphatic hydroxyl groups excluding tert-OH is 2. The fourth-order valence-electron chi connectivity index (χ4n) is 10.3. The molecule has 7 rings (SSSR count). The number of rotatable bonds is 10. The minimum atomic E-state index is -2.33. The molecule has 3 aromatic rings. The van der Waals surface area contributed by atoms with Crippen LogP contribution in [0.1, 0.15) is 92.6 Å². The number of nitrogens with one attached hydrogen (secondary N) is 1. The number of benzene rings is 3. The van der Waals surface area contributed by atoms with Gasteiger partial charge in [-0.15, -0.1) is 0 Å². The highest BCUT2D eigenvalue weighted by Gasteiger charge is 2.77. The Bertz CT molecular complexity index is 2230. The van der Waals surface area contributed by atoms with Crippen LogP contribution < -0.4 is 5.32 Å². The first-order chi connectivity index (χ1) is 28.8. The summed E-state index contributed by atoms with van der Waals surface area (Å²) < 4.78 is 24.4. The van der Waals surface area contributed by atoms with E-state index in [0.29, 0.717) is 12.0 Å². The zero-order valence-corrected chi connectivity index (χ0v) is 34.6. The van der Waals surface area contributed by atoms with Crippen molar-refractivity contribution >= 4 is 35.6 Å². The van der Waals surface area contributed by atoms with E-state index in [9.17, 15) is 39.3 Å². The first-order valence-electron chi connectivity index (χ1n) is 20.4. The molecule has 0 heterocycles. The molecule has 14 nitrogen and oxygen atoms in total. The molecule has 14 heteroatoms. The van der Waals surface area contributed by atoms with E-state index in [1.54, 1.807) is 92.7 Å². The first kappa shape index (κ1) is 43.4. The van der Waals surface area contributed by atoms with Gasteiger partial charge in [0.05, 0.1) is 29.0 Å². The molecule has 2 bridgehead atoms. The summed E-state index contributed by atoms with van der Waals surface area (Å²) in [6, 6.07) is 23.1. The van der Waals surface area contributed by atoms with E-state index < -0.39 is 112 Å². The molecule has 3 fully saturated rings. The summed E-state index contributed by atoms with van der Waals surface area (Å²) >= 11 is 0. The Morgan fingerprint density at radius 3 is 1.95 bits per heavy atom. The number of aliphatic hydroxyl groups is 3. The Morgan fingerprint density at radius 1 is 0.803 bits per heavy atom.